The van der Waals surface area contributed by atoms with E-state index in [-0.39, 0.29) is 12.5 Å². The first-order valence-corrected chi connectivity index (χ1v) is 9.52. The molecule has 3 N–H and O–H groups in total. The van der Waals surface area contributed by atoms with Crippen LogP contribution in [0.25, 0.3) is 16.8 Å². The standard InChI is InChI=1S/C17H22BrN7O/c1-23-9-12(7-20-23)13-8-21-25-16(19)14(18)15(22-17(13)25)11-3-2-4-24(10-11)5-6-26/h7-9,11,26H,2-6,10,19H2,1H3. The highest BCUT2D eigenvalue weighted by Gasteiger charge is 2.26. The third-order valence-corrected chi connectivity index (χ3v) is 5.78. The Labute approximate surface area is 159 Å². The van der Waals surface area contributed by atoms with Crippen LogP contribution in [0.5, 0.6) is 0 Å². The molecule has 138 valence electrons. The van der Waals surface area contributed by atoms with Crippen LogP contribution in [0, 0.1) is 0 Å². The van der Waals surface area contributed by atoms with Gasteiger partial charge in [0.05, 0.1) is 29.2 Å². The van der Waals surface area contributed by atoms with Gasteiger partial charge in [0.25, 0.3) is 0 Å². The lowest BCUT2D eigenvalue weighted by molar-refractivity contribution is 0.160. The van der Waals surface area contributed by atoms with Crippen molar-refractivity contribution in [3.8, 4) is 11.1 Å². The summed E-state index contributed by atoms with van der Waals surface area (Å²) in [5.74, 6) is 0.827. The molecular formula is C17H22BrN7O. The molecule has 1 fully saturated rings. The van der Waals surface area contributed by atoms with Gasteiger partial charge in [-0.3, -0.25) is 4.68 Å². The first-order chi connectivity index (χ1) is 12.6. The number of aromatic nitrogens is 5. The number of anilines is 1. The van der Waals surface area contributed by atoms with Gasteiger partial charge in [0.15, 0.2) is 5.65 Å². The zero-order valence-electron chi connectivity index (χ0n) is 14.6. The lowest BCUT2D eigenvalue weighted by Crippen LogP contribution is -2.36. The highest BCUT2D eigenvalue weighted by Crippen LogP contribution is 2.36. The number of fused-ring (bicyclic) bond motifs is 1. The SMILES string of the molecule is Cn1cc(-c2cnn3c(N)c(Br)c(C4CCCN(CCO)C4)nc23)cn1. The average molecular weight is 420 g/mol. The number of hydrogen-bond donors (Lipinski definition) is 2. The van der Waals surface area contributed by atoms with E-state index < -0.39 is 0 Å². The third-order valence-electron chi connectivity index (χ3n) is 4.97. The fourth-order valence-electron chi connectivity index (χ4n) is 3.67. The van der Waals surface area contributed by atoms with E-state index in [4.69, 9.17) is 10.7 Å². The molecule has 0 radical (unpaired) electrons. The number of hydrogen-bond acceptors (Lipinski definition) is 6. The van der Waals surface area contributed by atoms with Crippen LogP contribution in [0.1, 0.15) is 24.5 Å². The van der Waals surface area contributed by atoms with Crippen LogP contribution in [0.3, 0.4) is 0 Å². The van der Waals surface area contributed by atoms with Gasteiger partial charge in [-0.15, -0.1) is 0 Å². The van der Waals surface area contributed by atoms with E-state index in [1.807, 2.05) is 13.2 Å². The van der Waals surface area contributed by atoms with Gasteiger partial charge >= 0.3 is 0 Å². The molecule has 1 unspecified atom stereocenters. The molecule has 0 spiro atoms. The molecular weight excluding hydrogens is 398 g/mol. The van der Waals surface area contributed by atoms with Crippen molar-refractivity contribution in [2.45, 2.75) is 18.8 Å². The zero-order chi connectivity index (χ0) is 18.3. The van der Waals surface area contributed by atoms with Crippen LogP contribution >= 0.6 is 15.9 Å². The molecule has 0 bridgehead atoms. The average Bonchev–Trinajstić information content (AvgIpc) is 3.24. The molecule has 1 aliphatic heterocycles. The van der Waals surface area contributed by atoms with E-state index >= 15 is 0 Å². The summed E-state index contributed by atoms with van der Waals surface area (Å²) < 4.78 is 4.24. The van der Waals surface area contributed by atoms with Crippen LogP contribution in [0.15, 0.2) is 23.1 Å². The van der Waals surface area contributed by atoms with Gasteiger partial charge in [-0.1, -0.05) is 0 Å². The van der Waals surface area contributed by atoms with Crippen molar-refractivity contribution in [2.75, 3.05) is 32.0 Å². The molecule has 0 saturated carbocycles. The largest absolute Gasteiger partial charge is 0.395 e. The fraction of sp³-hybridized carbons (Fsp3) is 0.471. The van der Waals surface area contributed by atoms with E-state index in [0.29, 0.717) is 12.4 Å². The number of aliphatic hydroxyl groups is 1. The number of halogens is 1. The van der Waals surface area contributed by atoms with Crippen LogP contribution < -0.4 is 5.73 Å². The van der Waals surface area contributed by atoms with Crippen LogP contribution in [0.2, 0.25) is 0 Å². The Morgan fingerprint density at radius 2 is 2.19 bits per heavy atom. The van der Waals surface area contributed by atoms with Gasteiger partial charge in [0.2, 0.25) is 0 Å². The third kappa shape index (κ3) is 3.00. The Hall–Kier alpha value is -1.97. The maximum Gasteiger partial charge on any atom is 0.165 e. The van der Waals surface area contributed by atoms with Gasteiger partial charge in [-0.2, -0.15) is 14.7 Å². The first-order valence-electron chi connectivity index (χ1n) is 8.73. The number of aryl methyl sites for hydroxylation is 1. The monoisotopic (exact) mass is 419 g/mol. The molecule has 0 aromatic carbocycles. The van der Waals surface area contributed by atoms with Crippen molar-refractivity contribution in [3.05, 3.63) is 28.8 Å². The summed E-state index contributed by atoms with van der Waals surface area (Å²) in [5, 5.41) is 17.9. The Balaban J connectivity index is 1.79. The molecule has 3 aromatic rings. The maximum absolute atomic E-state index is 9.25. The molecule has 4 heterocycles. The van der Waals surface area contributed by atoms with Crippen molar-refractivity contribution in [2.24, 2.45) is 7.05 Å². The van der Waals surface area contributed by atoms with Gasteiger partial charge in [-0.25, -0.2) is 4.98 Å². The van der Waals surface area contributed by atoms with Crippen molar-refractivity contribution in [3.63, 3.8) is 0 Å². The minimum absolute atomic E-state index is 0.177. The van der Waals surface area contributed by atoms with Crippen molar-refractivity contribution < 1.29 is 5.11 Å². The highest BCUT2D eigenvalue weighted by molar-refractivity contribution is 9.10. The summed E-state index contributed by atoms with van der Waals surface area (Å²) in [5.41, 5.74) is 9.94. The van der Waals surface area contributed by atoms with E-state index in [9.17, 15) is 5.11 Å². The number of nitrogens with zero attached hydrogens (tertiary/aromatic N) is 6. The molecule has 9 heteroatoms. The minimum atomic E-state index is 0.177. The first kappa shape index (κ1) is 17.4. The Kier molecular flexibility index (Phi) is 4.68. The molecule has 1 atom stereocenters. The van der Waals surface area contributed by atoms with Gasteiger partial charge in [0, 0.05) is 43.4 Å². The predicted molar refractivity (Wildman–Crippen MR) is 103 cm³/mol. The second kappa shape index (κ2) is 6.98. The summed E-state index contributed by atoms with van der Waals surface area (Å²) in [6.07, 6.45) is 7.67. The van der Waals surface area contributed by atoms with Crippen molar-refractivity contribution in [1.82, 2.24) is 29.3 Å². The summed E-state index contributed by atoms with van der Waals surface area (Å²) in [6.45, 7) is 2.76. The van der Waals surface area contributed by atoms with Crippen LogP contribution in [0.4, 0.5) is 5.82 Å². The Morgan fingerprint density at radius 3 is 2.92 bits per heavy atom. The van der Waals surface area contributed by atoms with E-state index in [0.717, 1.165) is 52.9 Å². The normalized spacial score (nSPS) is 18.7. The predicted octanol–water partition coefficient (Wildman–Crippen LogP) is 1.65. The molecule has 3 aromatic heterocycles. The number of nitrogens with two attached hydrogens (primary N) is 1. The Bertz CT molecular complexity index is 933. The molecule has 1 saturated heterocycles. The topological polar surface area (TPSA) is 97.5 Å². The number of nitrogen functional groups attached to an aromatic ring is 1. The van der Waals surface area contributed by atoms with E-state index in [2.05, 4.69) is 31.0 Å². The van der Waals surface area contributed by atoms with Gasteiger partial charge in [-0.05, 0) is 35.3 Å². The summed E-state index contributed by atoms with van der Waals surface area (Å²) in [7, 11) is 1.89. The van der Waals surface area contributed by atoms with E-state index in [1.54, 1.807) is 21.6 Å². The molecule has 4 rings (SSSR count). The number of piperidine rings is 1. The van der Waals surface area contributed by atoms with Crippen molar-refractivity contribution in [1.29, 1.82) is 0 Å². The summed E-state index contributed by atoms with van der Waals surface area (Å²) >= 11 is 3.63. The number of likely N-dealkylation sites (tertiary alicyclic amines) is 1. The summed E-state index contributed by atoms with van der Waals surface area (Å²) in [4.78, 5) is 7.23. The number of rotatable bonds is 4. The Morgan fingerprint density at radius 1 is 1.35 bits per heavy atom. The fourth-order valence-corrected chi connectivity index (χ4v) is 4.25. The van der Waals surface area contributed by atoms with Gasteiger partial charge in [0.1, 0.15) is 5.82 Å². The second-order valence-corrected chi connectivity index (χ2v) is 7.55. The summed E-state index contributed by atoms with van der Waals surface area (Å²) in [6, 6.07) is 0. The molecule has 1 aliphatic rings. The molecule has 26 heavy (non-hydrogen) atoms. The zero-order valence-corrected chi connectivity index (χ0v) is 16.2. The quantitative estimate of drug-likeness (QED) is 0.666. The molecule has 0 aliphatic carbocycles. The number of β-amino-alcohol motifs (C(OH)–C–C–N with tert-alkyl or cyclic N) is 1. The maximum atomic E-state index is 9.25. The lowest BCUT2D eigenvalue weighted by Gasteiger charge is -2.32. The minimum Gasteiger partial charge on any atom is -0.395 e. The second-order valence-electron chi connectivity index (χ2n) is 6.76. The molecule has 8 nitrogen and oxygen atoms in total. The smallest absolute Gasteiger partial charge is 0.165 e. The number of aliphatic hydroxyl groups excluding tert-OH is 1. The van der Waals surface area contributed by atoms with Crippen LogP contribution in [-0.4, -0.2) is 60.6 Å². The van der Waals surface area contributed by atoms with Crippen LogP contribution in [-0.2, 0) is 7.05 Å². The van der Waals surface area contributed by atoms with Gasteiger partial charge < -0.3 is 15.7 Å². The molecule has 0 amide bonds. The van der Waals surface area contributed by atoms with E-state index in [1.165, 1.54) is 0 Å². The lowest BCUT2D eigenvalue weighted by atomic mass is 9.94. The highest BCUT2D eigenvalue weighted by atomic mass is 79.9. The van der Waals surface area contributed by atoms with Crippen molar-refractivity contribution >= 4 is 27.4 Å².